The van der Waals surface area contributed by atoms with Gasteiger partial charge in [-0.05, 0) is 6.07 Å². The normalized spacial score (nSPS) is 11.1. The van der Waals surface area contributed by atoms with Crippen LogP contribution in [0.3, 0.4) is 0 Å². The van der Waals surface area contributed by atoms with Crippen molar-refractivity contribution in [1.29, 1.82) is 0 Å². The Morgan fingerprint density at radius 2 is 2.20 bits per heavy atom. The molecule has 0 atom stereocenters. The molecule has 0 aliphatic heterocycles. The Balaban J connectivity index is 2.52. The lowest BCUT2D eigenvalue weighted by Crippen LogP contribution is -2.06. The van der Waals surface area contributed by atoms with Crippen LogP contribution in [0.1, 0.15) is 5.56 Å². The minimum absolute atomic E-state index is 0.0330. The molecule has 15 heavy (non-hydrogen) atoms. The van der Waals surface area contributed by atoms with Gasteiger partial charge < -0.3 is 9.25 Å². The lowest BCUT2D eigenvalue weighted by Gasteiger charge is -2.04. The summed E-state index contributed by atoms with van der Waals surface area (Å²) in [5, 5.41) is 0.267. The molecule has 2 aromatic rings. The van der Waals surface area contributed by atoms with E-state index in [2.05, 4.69) is 4.84 Å². The van der Waals surface area contributed by atoms with E-state index in [1.165, 1.54) is 12.3 Å². The average Bonchev–Trinajstić information content (AvgIpc) is 2.65. The Hall–Kier alpha value is -1.46. The van der Waals surface area contributed by atoms with Gasteiger partial charge in [0.25, 0.3) is 0 Å². The third-order valence-corrected chi connectivity index (χ3v) is 2.21. The second-order valence-electron chi connectivity index (χ2n) is 3.10. The maximum atomic E-state index is 13.7. The van der Waals surface area contributed by atoms with Gasteiger partial charge in [-0.25, -0.2) is 14.7 Å². The number of rotatable bonds is 3. The number of furan rings is 1. The van der Waals surface area contributed by atoms with Gasteiger partial charge in [-0.3, -0.25) is 0 Å². The van der Waals surface area contributed by atoms with Crippen molar-refractivity contribution < 1.29 is 18.0 Å². The quantitative estimate of drug-likeness (QED) is 0.794. The van der Waals surface area contributed by atoms with Crippen molar-refractivity contribution in [3.63, 3.8) is 0 Å². The minimum Gasteiger partial charge on any atom is -0.464 e. The van der Waals surface area contributed by atoms with Crippen molar-refractivity contribution in [1.82, 2.24) is 0 Å². The number of nitrogens with two attached hydrogens (primary N) is 1. The Kier molecular flexibility index (Phi) is 2.66. The second-order valence-corrected chi connectivity index (χ2v) is 3.10. The van der Waals surface area contributed by atoms with Crippen molar-refractivity contribution in [2.75, 3.05) is 6.61 Å². The Bertz CT molecular complexity index is 481. The van der Waals surface area contributed by atoms with Crippen LogP contribution >= 0.6 is 0 Å². The molecule has 1 aromatic heterocycles. The Morgan fingerprint density at radius 3 is 2.93 bits per heavy atom. The van der Waals surface area contributed by atoms with Crippen molar-refractivity contribution in [2.24, 2.45) is 5.90 Å². The number of hydrogen-bond acceptors (Lipinski definition) is 3. The molecule has 0 spiro atoms. The highest BCUT2D eigenvalue weighted by Gasteiger charge is 2.14. The SMILES string of the molecule is NOCCc1c(F)cc2occc2c1F. The largest absolute Gasteiger partial charge is 0.464 e. The molecule has 2 N–H and O–H groups in total. The number of halogens is 2. The molecule has 0 saturated carbocycles. The maximum Gasteiger partial charge on any atom is 0.140 e. The number of benzene rings is 1. The van der Waals surface area contributed by atoms with Crippen LogP contribution in [0, 0.1) is 11.6 Å². The second kappa shape index (κ2) is 3.96. The Morgan fingerprint density at radius 1 is 1.40 bits per heavy atom. The molecule has 0 amide bonds. The lowest BCUT2D eigenvalue weighted by molar-refractivity contribution is 0.140. The van der Waals surface area contributed by atoms with Crippen LogP contribution in [0.15, 0.2) is 22.8 Å². The topological polar surface area (TPSA) is 48.4 Å². The van der Waals surface area contributed by atoms with Crippen molar-refractivity contribution in [3.8, 4) is 0 Å². The highest BCUT2D eigenvalue weighted by molar-refractivity contribution is 5.78. The van der Waals surface area contributed by atoms with E-state index in [-0.39, 0.29) is 29.6 Å². The molecule has 0 bridgehead atoms. The van der Waals surface area contributed by atoms with Crippen molar-refractivity contribution in [3.05, 3.63) is 35.6 Å². The third-order valence-electron chi connectivity index (χ3n) is 2.21. The summed E-state index contributed by atoms with van der Waals surface area (Å²) in [5.74, 6) is 3.54. The lowest BCUT2D eigenvalue weighted by atomic mass is 10.1. The first-order valence-electron chi connectivity index (χ1n) is 4.40. The molecule has 0 unspecified atom stereocenters. The molecular weight excluding hydrogens is 204 g/mol. The fourth-order valence-electron chi connectivity index (χ4n) is 1.47. The fourth-order valence-corrected chi connectivity index (χ4v) is 1.47. The molecule has 0 fully saturated rings. The molecule has 1 aromatic carbocycles. The van der Waals surface area contributed by atoms with E-state index in [0.717, 1.165) is 6.07 Å². The molecule has 0 saturated heterocycles. The summed E-state index contributed by atoms with van der Waals surface area (Å²) in [6, 6.07) is 2.61. The molecular formula is C10H9F2NO2. The molecule has 2 rings (SSSR count). The van der Waals surface area contributed by atoms with Crippen LogP contribution in [0.5, 0.6) is 0 Å². The van der Waals surface area contributed by atoms with Crippen molar-refractivity contribution in [2.45, 2.75) is 6.42 Å². The zero-order valence-electron chi connectivity index (χ0n) is 7.80. The first-order chi connectivity index (χ1) is 7.24. The number of hydrogen-bond donors (Lipinski definition) is 1. The third kappa shape index (κ3) is 1.71. The van der Waals surface area contributed by atoms with E-state index in [1.54, 1.807) is 0 Å². The fraction of sp³-hybridized carbons (Fsp3) is 0.200. The van der Waals surface area contributed by atoms with E-state index in [9.17, 15) is 8.78 Å². The standard InChI is InChI=1S/C10H9F2NO2/c11-8-5-9-7(1-3-14-9)10(12)6(8)2-4-15-13/h1,3,5H,2,4,13H2. The molecule has 80 valence electrons. The van der Waals surface area contributed by atoms with Gasteiger partial charge >= 0.3 is 0 Å². The van der Waals surface area contributed by atoms with E-state index in [0.29, 0.717) is 0 Å². The Labute approximate surface area is 84.4 Å². The highest BCUT2D eigenvalue weighted by Crippen LogP contribution is 2.25. The van der Waals surface area contributed by atoms with Gasteiger partial charge in [-0.1, -0.05) is 0 Å². The summed E-state index contributed by atoms with van der Waals surface area (Å²) in [5.41, 5.74) is 0.164. The first kappa shape index (κ1) is 10.1. The van der Waals surface area contributed by atoms with Crippen LogP contribution in [0.2, 0.25) is 0 Å². The molecule has 5 heteroatoms. The van der Waals surface area contributed by atoms with E-state index < -0.39 is 11.6 Å². The summed E-state index contributed by atoms with van der Waals surface area (Å²) in [6.07, 6.45) is 1.41. The summed E-state index contributed by atoms with van der Waals surface area (Å²) in [4.78, 5) is 4.29. The number of fused-ring (bicyclic) bond motifs is 1. The predicted molar refractivity (Wildman–Crippen MR) is 50.0 cm³/mol. The zero-order chi connectivity index (χ0) is 10.8. The van der Waals surface area contributed by atoms with Gasteiger partial charge in [0.2, 0.25) is 0 Å². The van der Waals surface area contributed by atoms with Gasteiger partial charge in [0.1, 0.15) is 17.2 Å². The molecule has 0 radical (unpaired) electrons. The summed E-state index contributed by atoms with van der Waals surface area (Å²) < 4.78 is 32.0. The van der Waals surface area contributed by atoms with E-state index in [1.807, 2.05) is 0 Å². The van der Waals surface area contributed by atoms with Crippen LogP contribution in [0.4, 0.5) is 8.78 Å². The van der Waals surface area contributed by atoms with Crippen LogP contribution in [0.25, 0.3) is 11.0 Å². The zero-order valence-corrected chi connectivity index (χ0v) is 7.80. The first-order valence-corrected chi connectivity index (χ1v) is 4.40. The van der Waals surface area contributed by atoms with E-state index in [4.69, 9.17) is 10.3 Å². The van der Waals surface area contributed by atoms with Gasteiger partial charge in [0.05, 0.1) is 18.3 Å². The summed E-state index contributed by atoms with van der Waals surface area (Å²) >= 11 is 0. The molecule has 3 nitrogen and oxygen atoms in total. The van der Waals surface area contributed by atoms with Crippen LogP contribution in [-0.2, 0) is 11.3 Å². The van der Waals surface area contributed by atoms with Gasteiger partial charge in [-0.15, -0.1) is 0 Å². The van der Waals surface area contributed by atoms with Crippen LogP contribution in [-0.4, -0.2) is 6.61 Å². The van der Waals surface area contributed by atoms with Gasteiger partial charge in [-0.2, -0.15) is 0 Å². The van der Waals surface area contributed by atoms with Crippen LogP contribution < -0.4 is 5.90 Å². The highest BCUT2D eigenvalue weighted by atomic mass is 19.1. The average molecular weight is 213 g/mol. The minimum atomic E-state index is -0.646. The predicted octanol–water partition coefficient (Wildman–Crippen LogP) is 2.14. The van der Waals surface area contributed by atoms with Crippen molar-refractivity contribution >= 4 is 11.0 Å². The van der Waals surface area contributed by atoms with Gasteiger partial charge in [0.15, 0.2) is 0 Å². The summed E-state index contributed by atoms with van der Waals surface area (Å²) in [6.45, 7) is 0.0667. The molecule has 0 aliphatic carbocycles. The monoisotopic (exact) mass is 213 g/mol. The molecule has 1 heterocycles. The summed E-state index contributed by atoms with van der Waals surface area (Å²) in [7, 11) is 0. The van der Waals surface area contributed by atoms with E-state index >= 15 is 0 Å². The molecule has 0 aliphatic rings. The van der Waals surface area contributed by atoms with Gasteiger partial charge in [0, 0.05) is 18.1 Å². The smallest absolute Gasteiger partial charge is 0.140 e. The maximum absolute atomic E-state index is 13.7.